The van der Waals surface area contributed by atoms with Crippen molar-refractivity contribution >= 4 is 11.6 Å². The molecule has 20 heavy (non-hydrogen) atoms. The Morgan fingerprint density at radius 1 is 1.25 bits per heavy atom. The van der Waals surface area contributed by atoms with Crippen molar-refractivity contribution in [2.45, 2.75) is 44.2 Å². The number of nitrogens with two attached hydrogens (primary N) is 1. The topological polar surface area (TPSA) is 49.5 Å². The number of hydrogen-bond acceptors (Lipinski definition) is 3. The molecule has 0 amide bonds. The van der Waals surface area contributed by atoms with Crippen molar-refractivity contribution < 1.29 is 5.11 Å². The summed E-state index contributed by atoms with van der Waals surface area (Å²) in [5, 5.41) is 10.2. The lowest BCUT2D eigenvalue weighted by molar-refractivity contribution is 0.0830. The van der Waals surface area contributed by atoms with Gasteiger partial charge in [-0.2, -0.15) is 0 Å². The maximum absolute atomic E-state index is 9.41. The largest absolute Gasteiger partial charge is 0.395 e. The third-order valence-electron chi connectivity index (χ3n) is 4.29. The van der Waals surface area contributed by atoms with E-state index in [1.54, 1.807) is 0 Å². The van der Waals surface area contributed by atoms with Crippen LogP contribution in [0.1, 0.15) is 43.7 Å². The summed E-state index contributed by atoms with van der Waals surface area (Å²) in [6, 6.07) is 8.52. The monoisotopic (exact) mass is 296 g/mol. The van der Waals surface area contributed by atoms with E-state index in [1.807, 2.05) is 24.3 Å². The van der Waals surface area contributed by atoms with E-state index in [4.69, 9.17) is 17.3 Å². The van der Waals surface area contributed by atoms with E-state index in [0.29, 0.717) is 19.1 Å². The van der Waals surface area contributed by atoms with Crippen molar-refractivity contribution in [2.75, 3.05) is 19.7 Å². The molecule has 0 saturated heterocycles. The number of benzene rings is 1. The van der Waals surface area contributed by atoms with Crippen LogP contribution in [0.5, 0.6) is 0 Å². The predicted molar refractivity (Wildman–Crippen MR) is 83.9 cm³/mol. The van der Waals surface area contributed by atoms with E-state index in [2.05, 4.69) is 4.90 Å². The van der Waals surface area contributed by atoms with Gasteiger partial charge >= 0.3 is 0 Å². The molecule has 1 aromatic carbocycles. The van der Waals surface area contributed by atoms with Crippen molar-refractivity contribution in [3.63, 3.8) is 0 Å². The molecule has 1 fully saturated rings. The molecule has 2 rings (SSSR count). The Labute approximate surface area is 126 Å². The smallest absolute Gasteiger partial charge is 0.0558 e. The molecule has 1 unspecified atom stereocenters. The molecule has 0 spiro atoms. The fourth-order valence-electron chi connectivity index (χ4n) is 3.31. The fraction of sp³-hybridized carbons (Fsp3) is 0.625. The molecule has 3 N–H and O–H groups in total. The Hall–Kier alpha value is -0.610. The second-order valence-electron chi connectivity index (χ2n) is 5.53. The highest BCUT2D eigenvalue weighted by Crippen LogP contribution is 2.32. The van der Waals surface area contributed by atoms with Crippen molar-refractivity contribution in [1.29, 1.82) is 0 Å². The molecule has 1 aliphatic carbocycles. The highest BCUT2D eigenvalue weighted by molar-refractivity contribution is 6.31. The average molecular weight is 297 g/mol. The van der Waals surface area contributed by atoms with Crippen LogP contribution in [0.2, 0.25) is 5.02 Å². The Morgan fingerprint density at radius 2 is 1.95 bits per heavy atom. The average Bonchev–Trinajstić information content (AvgIpc) is 2.50. The van der Waals surface area contributed by atoms with Gasteiger partial charge in [0.05, 0.1) is 6.61 Å². The molecule has 0 aromatic heterocycles. The van der Waals surface area contributed by atoms with Gasteiger partial charge in [0.1, 0.15) is 0 Å². The molecule has 0 aliphatic heterocycles. The molecule has 0 bridgehead atoms. The zero-order valence-electron chi connectivity index (χ0n) is 12.0. The van der Waals surface area contributed by atoms with Gasteiger partial charge in [0.2, 0.25) is 0 Å². The SMILES string of the molecule is NCC(c1ccccc1Cl)N(CCO)C1CCCCC1. The molecule has 112 valence electrons. The van der Waals surface area contributed by atoms with Crippen molar-refractivity contribution in [3.8, 4) is 0 Å². The molecular weight excluding hydrogens is 272 g/mol. The number of aliphatic hydroxyl groups is 1. The van der Waals surface area contributed by atoms with Crippen LogP contribution in [0.25, 0.3) is 0 Å². The fourth-order valence-corrected chi connectivity index (χ4v) is 3.57. The standard InChI is InChI=1S/C16H25ClN2O/c17-15-9-5-4-8-14(15)16(12-18)19(10-11-20)13-6-2-1-3-7-13/h4-5,8-9,13,16,20H,1-3,6-7,10-12,18H2. The van der Waals surface area contributed by atoms with Crippen LogP contribution in [0, 0.1) is 0 Å². The molecule has 1 aliphatic rings. The quantitative estimate of drug-likeness (QED) is 0.848. The second-order valence-corrected chi connectivity index (χ2v) is 5.93. The third-order valence-corrected chi connectivity index (χ3v) is 4.63. The van der Waals surface area contributed by atoms with Gasteiger partial charge in [-0.05, 0) is 24.5 Å². The van der Waals surface area contributed by atoms with Crippen LogP contribution in [0.15, 0.2) is 24.3 Å². The third kappa shape index (κ3) is 3.73. The molecular formula is C16H25ClN2O. The van der Waals surface area contributed by atoms with Gasteiger partial charge in [-0.25, -0.2) is 0 Å². The van der Waals surface area contributed by atoms with Gasteiger partial charge in [-0.3, -0.25) is 4.90 Å². The first-order valence-electron chi connectivity index (χ1n) is 7.59. The van der Waals surface area contributed by atoms with Crippen LogP contribution >= 0.6 is 11.6 Å². The van der Waals surface area contributed by atoms with E-state index in [9.17, 15) is 5.11 Å². The van der Waals surface area contributed by atoms with Gasteiger partial charge < -0.3 is 10.8 Å². The van der Waals surface area contributed by atoms with Crippen molar-refractivity contribution in [2.24, 2.45) is 5.73 Å². The van der Waals surface area contributed by atoms with Crippen LogP contribution in [-0.4, -0.2) is 35.7 Å². The Kier molecular flexibility index (Phi) is 6.30. The summed E-state index contributed by atoms with van der Waals surface area (Å²) < 4.78 is 0. The van der Waals surface area contributed by atoms with Gasteiger partial charge in [0, 0.05) is 30.2 Å². The second kappa shape index (κ2) is 7.99. The lowest BCUT2D eigenvalue weighted by atomic mass is 9.92. The minimum Gasteiger partial charge on any atom is -0.395 e. The number of halogens is 1. The summed E-state index contributed by atoms with van der Waals surface area (Å²) in [5.41, 5.74) is 7.11. The number of nitrogens with zero attached hydrogens (tertiary/aromatic N) is 1. The molecule has 1 atom stereocenters. The maximum Gasteiger partial charge on any atom is 0.0558 e. The van der Waals surface area contributed by atoms with E-state index >= 15 is 0 Å². The summed E-state index contributed by atoms with van der Waals surface area (Å²) >= 11 is 6.34. The van der Waals surface area contributed by atoms with Crippen molar-refractivity contribution in [1.82, 2.24) is 4.90 Å². The highest BCUT2D eigenvalue weighted by Gasteiger charge is 2.28. The van der Waals surface area contributed by atoms with E-state index in [1.165, 1.54) is 32.1 Å². The summed E-state index contributed by atoms with van der Waals surface area (Å²) in [6.07, 6.45) is 6.25. The number of rotatable bonds is 6. The lowest BCUT2D eigenvalue weighted by Gasteiger charge is -2.39. The van der Waals surface area contributed by atoms with Gasteiger partial charge in [0.15, 0.2) is 0 Å². The number of aliphatic hydroxyl groups excluding tert-OH is 1. The lowest BCUT2D eigenvalue weighted by Crippen LogP contribution is -2.44. The molecule has 1 aromatic rings. The molecule has 0 heterocycles. The molecule has 4 heteroatoms. The summed E-state index contributed by atoms with van der Waals surface area (Å²) in [6.45, 7) is 1.36. The van der Waals surface area contributed by atoms with Crippen molar-refractivity contribution in [3.05, 3.63) is 34.9 Å². The number of hydrogen-bond donors (Lipinski definition) is 2. The van der Waals surface area contributed by atoms with E-state index < -0.39 is 0 Å². The molecule has 0 radical (unpaired) electrons. The van der Waals surface area contributed by atoms with Gasteiger partial charge in [-0.1, -0.05) is 49.1 Å². The van der Waals surface area contributed by atoms with E-state index in [-0.39, 0.29) is 12.6 Å². The first-order valence-corrected chi connectivity index (χ1v) is 7.96. The maximum atomic E-state index is 9.41. The first-order chi connectivity index (χ1) is 9.77. The molecule has 3 nitrogen and oxygen atoms in total. The summed E-state index contributed by atoms with van der Waals surface area (Å²) in [4.78, 5) is 2.36. The summed E-state index contributed by atoms with van der Waals surface area (Å²) in [5.74, 6) is 0. The van der Waals surface area contributed by atoms with Gasteiger partial charge in [0.25, 0.3) is 0 Å². The Balaban J connectivity index is 2.22. The zero-order chi connectivity index (χ0) is 14.4. The minimum absolute atomic E-state index is 0.0962. The molecule has 1 saturated carbocycles. The van der Waals surface area contributed by atoms with Gasteiger partial charge in [-0.15, -0.1) is 0 Å². The predicted octanol–water partition coefficient (Wildman–Crippen LogP) is 2.97. The Bertz CT molecular complexity index is 407. The minimum atomic E-state index is 0.0962. The normalized spacial score (nSPS) is 18.4. The van der Waals surface area contributed by atoms with Crippen LogP contribution in [0.4, 0.5) is 0 Å². The Morgan fingerprint density at radius 3 is 2.55 bits per heavy atom. The summed E-state index contributed by atoms with van der Waals surface area (Å²) in [7, 11) is 0. The van der Waals surface area contributed by atoms with Crippen LogP contribution < -0.4 is 5.73 Å². The van der Waals surface area contributed by atoms with E-state index in [0.717, 1.165) is 10.6 Å². The highest BCUT2D eigenvalue weighted by atomic mass is 35.5. The first kappa shape index (κ1) is 15.8. The van der Waals surface area contributed by atoms with Crippen LogP contribution in [-0.2, 0) is 0 Å². The van der Waals surface area contributed by atoms with Crippen LogP contribution in [0.3, 0.4) is 0 Å². The zero-order valence-corrected chi connectivity index (χ0v) is 12.7.